The quantitative estimate of drug-likeness (QED) is 0.0240. The van der Waals surface area contributed by atoms with Crippen molar-refractivity contribution in [2.45, 2.75) is 95.3 Å². The van der Waals surface area contributed by atoms with E-state index in [1.54, 1.807) is 158 Å². The summed E-state index contributed by atoms with van der Waals surface area (Å²) in [6, 6.07) is 53.1. The van der Waals surface area contributed by atoms with Crippen molar-refractivity contribution >= 4 is 106 Å². The van der Waals surface area contributed by atoms with Crippen LogP contribution >= 0.6 is 23.1 Å². The average Bonchev–Trinajstić information content (AvgIpc) is 1.76. The first-order chi connectivity index (χ1) is 59.4. The number of carbonyl (C=O) groups excluding carboxylic acids is 4. The van der Waals surface area contributed by atoms with Crippen LogP contribution in [0.3, 0.4) is 0 Å². The van der Waals surface area contributed by atoms with E-state index in [0.717, 1.165) is 0 Å². The molecule has 0 aliphatic carbocycles. The van der Waals surface area contributed by atoms with Crippen molar-refractivity contribution in [1.82, 2.24) is 48.8 Å². The van der Waals surface area contributed by atoms with Crippen LogP contribution in [0.1, 0.15) is 108 Å². The molecule has 126 heavy (non-hydrogen) atoms. The molecule has 6 N–H and O–H groups in total. The van der Waals surface area contributed by atoms with E-state index in [1.807, 2.05) is 0 Å². The Morgan fingerprint density at radius 1 is 0.413 bits per heavy atom. The topological polar surface area (TPSA) is 377 Å². The minimum absolute atomic E-state index is 0. The Balaban J connectivity index is 0.000000217. The van der Waals surface area contributed by atoms with E-state index >= 15 is 0 Å². The van der Waals surface area contributed by atoms with Crippen molar-refractivity contribution < 1.29 is 126 Å². The van der Waals surface area contributed by atoms with E-state index in [2.05, 4.69) is 93.9 Å². The van der Waals surface area contributed by atoms with Gasteiger partial charge in [-0.2, -0.15) is 0 Å². The van der Waals surface area contributed by atoms with Crippen LogP contribution in [0, 0.1) is 70.6 Å². The van der Waals surface area contributed by atoms with Crippen molar-refractivity contribution in [3.8, 4) is 47.4 Å². The van der Waals surface area contributed by atoms with Gasteiger partial charge in [-0.3, -0.25) is 56.6 Å². The third-order valence-electron chi connectivity index (χ3n) is 19.0. The molecule has 0 radical (unpaired) electrons. The van der Waals surface area contributed by atoms with Crippen LogP contribution in [0.4, 0.5) is 17.6 Å². The first kappa shape index (κ1) is 98.9. The summed E-state index contributed by atoms with van der Waals surface area (Å²) in [4.78, 5) is 116. The number of halogens is 6. The van der Waals surface area contributed by atoms with E-state index in [0.29, 0.717) is 214 Å². The van der Waals surface area contributed by atoms with Gasteiger partial charge in [0.2, 0.25) is 11.8 Å². The van der Waals surface area contributed by atoms with E-state index in [-0.39, 0.29) is 154 Å². The molecule has 13 aromatic rings. The molecule has 9 aromatic carbocycles. The van der Waals surface area contributed by atoms with Gasteiger partial charge < -0.3 is 32.6 Å². The largest absolute Gasteiger partial charge is 1.00 e. The molecule has 0 saturated carbocycles. The number of rotatable bonds is 2. The number of carbonyl (C=O) groups is 4. The van der Waals surface area contributed by atoms with Crippen LogP contribution in [0.5, 0.6) is 0 Å². The fraction of sp³-hybridized carbons (Fsp3) is 0.176. The molecule has 26 nitrogen and oxygen atoms in total. The molecule has 4 aromatic heterocycles. The Morgan fingerprint density at radius 3 is 1.06 bits per heavy atom. The normalized spacial score (nSPS) is 13.0. The Labute approximate surface area is 773 Å². The molecule has 0 fully saturated rings. The molecule has 0 atom stereocenters. The van der Waals surface area contributed by atoms with Gasteiger partial charge in [-0.15, -0.1) is 12.4 Å². The van der Waals surface area contributed by atoms with E-state index < -0.39 is 9.05 Å². The molecule has 17 rings (SSSR count). The summed E-state index contributed by atoms with van der Waals surface area (Å²) in [5, 5.41) is 34.9. The minimum atomic E-state index is -3.53. The molecular formula is C91H74Cl2F4N12Na2O14S. The van der Waals surface area contributed by atoms with E-state index in [1.165, 1.54) is 60.7 Å². The van der Waals surface area contributed by atoms with Crippen molar-refractivity contribution in [2.75, 3.05) is 13.1 Å². The smallest absolute Gasteiger partial charge is 1.00 e. The molecule has 0 bridgehead atoms. The van der Waals surface area contributed by atoms with Crippen LogP contribution in [0.15, 0.2) is 229 Å². The summed E-state index contributed by atoms with van der Waals surface area (Å²) >= 11 is 0. The van der Waals surface area contributed by atoms with Crippen molar-refractivity contribution in [3.05, 3.63) is 333 Å². The second-order valence-electron chi connectivity index (χ2n) is 27.3. The fourth-order valence-electron chi connectivity index (χ4n) is 13.1. The number of aryl methyl sites for hydroxylation is 3. The van der Waals surface area contributed by atoms with Gasteiger partial charge in [-0.05, 0) is 164 Å². The first-order valence-corrected chi connectivity index (χ1v) is 40.2. The Morgan fingerprint density at radius 2 is 0.722 bits per heavy atom. The second kappa shape index (κ2) is 48.1. The summed E-state index contributed by atoms with van der Waals surface area (Å²) in [6.07, 6.45) is 4.39. The average molecular weight is 1780 g/mol. The monoisotopic (exact) mass is 1780 g/mol. The van der Waals surface area contributed by atoms with E-state index in [9.17, 15) is 59.5 Å². The Kier molecular flexibility index (Phi) is 37.7. The number of fused-ring (bicyclic) bond motifs is 8. The van der Waals surface area contributed by atoms with Crippen molar-refractivity contribution in [3.63, 3.8) is 0 Å². The molecule has 4 aliphatic rings. The van der Waals surface area contributed by atoms with Gasteiger partial charge >= 0.3 is 59.1 Å². The van der Waals surface area contributed by atoms with Gasteiger partial charge in [-0.25, -0.2) is 51.8 Å². The number of benzene rings is 9. The molecule has 632 valence electrons. The molecule has 0 saturated heterocycles. The number of hydrogen-bond acceptors (Lipinski definition) is 20. The number of ketones is 1. The van der Waals surface area contributed by atoms with Gasteiger partial charge in [0.1, 0.15) is 52.3 Å². The number of nitrogens with zero attached hydrogens (tertiary/aromatic N) is 9. The minimum Gasteiger partial charge on any atom is -1.00 e. The zero-order valence-electron chi connectivity index (χ0n) is 68.5. The summed E-state index contributed by atoms with van der Waals surface area (Å²) < 4.78 is 80.6. The Bertz CT molecular complexity index is 6950. The number of hydrogen-bond donors (Lipinski definition) is 5. The van der Waals surface area contributed by atoms with Crippen LogP contribution in [0.2, 0.25) is 0 Å². The van der Waals surface area contributed by atoms with Gasteiger partial charge in [0, 0.05) is 152 Å². The predicted molar refractivity (Wildman–Crippen MR) is 457 cm³/mol. The number of oxime groups is 1. The molecule has 35 heteroatoms. The maximum Gasteiger partial charge on any atom is 1.00 e. The number of amides is 2. The zero-order chi connectivity index (χ0) is 87.5. The second-order valence-corrected chi connectivity index (χ2v) is 29.8. The molecule has 4 aliphatic heterocycles. The first-order valence-electron chi connectivity index (χ1n) is 37.9. The summed E-state index contributed by atoms with van der Waals surface area (Å²) in [5.41, 5.74) is 7.58. The van der Waals surface area contributed by atoms with E-state index in [4.69, 9.17) is 31.1 Å². The third kappa shape index (κ3) is 27.5. The molecule has 8 heterocycles. The molecule has 0 spiro atoms. The summed E-state index contributed by atoms with van der Waals surface area (Å²) in [6.45, 7) is 2.26. The van der Waals surface area contributed by atoms with Crippen molar-refractivity contribution in [2.24, 2.45) is 11.1 Å². The van der Waals surface area contributed by atoms with Crippen LogP contribution in [-0.2, 0) is 85.0 Å². The molecule has 0 unspecified atom stereocenters. The van der Waals surface area contributed by atoms with Gasteiger partial charge in [0.05, 0.1) is 54.2 Å². The third-order valence-corrected chi connectivity index (χ3v) is 20.4. The number of aromatic nitrogens is 8. The number of nitrogens with two attached hydrogens (primary N) is 1. The fourth-order valence-corrected chi connectivity index (χ4v) is 13.9. The Hall–Kier alpha value is -12.5. The summed E-state index contributed by atoms with van der Waals surface area (Å²) in [7, 11) is 1.50. The van der Waals surface area contributed by atoms with Crippen LogP contribution in [-0.4, -0.2) is 99.9 Å². The van der Waals surface area contributed by atoms with Crippen LogP contribution in [0.25, 0.3) is 43.6 Å². The predicted octanol–water partition coefficient (Wildman–Crippen LogP) is 3.86. The summed E-state index contributed by atoms with van der Waals surface area (Å²) in [5.74, 6) is 28.4. The molecular weight excluding hydrogens is 1710 g/mol. The van der Waals surface area contributed by atoms with Gasteiger partial charge in [0.15, 0.2) is 0 Å². The van der Waals surface area contributed by atoms with Crippen LogP contribution < -0.4 is 103 Å². The molecule has 2 amide bonds. The maximum atomic E-state index is 13.3. The van der Waals surface area contributed by atoms with Gasteiger partial charge in [0.25, 0.3) is 37.8 Å². The number of nitrogens with one attached hydrogen (secondary N) is 2. The van der Waals surface area contributed by atoms with Gasteiger partial charge in [-0.1, -0.05) is 95.0 Å². The van der Waals surface area contributed by atoms with Crippen molar-refractivity contribution in [1.29, 1.82) is 0 Å². The maximum absolute atomic E-state index is 13.3. The zero-order valence-corrected chi connectivity index (χ0v) is 73.9. The SMILES string of the molecule is Cl.NO.O=C1CCc2nc3cc(C#Cc4cccc(F)c4)ccc3c(=O)n2CC1.O=C1CCc2nc3cc(C#Cc4cccc(F)c4)ccc3c(=O)n2CCN1.O=C1CCn2c(nc3cc(C#Cc4cccc(F)c4)ccc3c2=O)CCN1.O=CO[O-].O=S(=O)(Cl)c1ccccc1.O=c1c2ccc(C#Cc3cccc(F)c3)cc2nc2n1CC/C(=N\O)CC2.[H-].[Na+].[Na+]. The number of Topliss-reactive ketones (excluding diaryl/α,β-unsaturated/α-hetero) is 1. The standard InChI is InChI=1S/3C21H16FN3O2.C21H15FN2O2.C6H5ClO2S.CH2O3.ClH.H3NO.2Na.H/c22-16-3-1-2-14(12-16)4-5-15-6-8-18-19(13-15)23-20-9-7-17(24-27)10-11-25(20)21(18)26;22-16-3-1-2-14(12-16)4-5-15-6-7-17-18(13-15)24-19-8-10-23-20(26)9-11-25(19)21(17)27;22-16-3-1-2-14(12-16)4-5-15-6-7-17-18(13-15)24-19-8-9-20(26)23-10-11-25(19)21(17)27;22-16-3-1-2-14(12-16)4-5-15-6-8-18-19(13-15)23-20-9-7-17(25)10-11-24(20)21(18)26;7-10(8,9)6-4-2-1-3-5-6;2-1-4-3;;1-2;;;/h1-3,6,8,12-13,27H,7,9-11H2;2*1-3,6-7,12-13H,8-11H2,(H,23,26);1-3,6,8,12-13H,7,9-11H2;1-5H;1,3H;1H;2H,1H2;;;/q;;;;;;;;2*+1;-1/p-1/b24-17-;;;;;;;;;;.